The third-order valence-corrected chi connectivity index (χ3v) is 2.56. The first-order valence-electron chi connectivity index (χ1n) is 4.96. The molecule has 0 spiro atoms. The second kappa shape index (κ2) is 5.95. The zero-order valence-corrected chi connectivity index (χ0v) is 9.01. The van der Waals surface area contributed by atoms with Crippen LogP contribution in [0.3, 0.4) is 0 Å². The maximum Gasteiger partial charge on any atom is 0.104 e. The molecule has 0 bridgehead atoms. The van der Waals surface area contributed by atoms with Gasteiger partial charge in [-0.3, -0.25) is 0 Å². The number of hydrogen-bond donors (Lipinski definition) is 1. The van der Waals surface area contributed by atoms with Crippen molar-refractivity contribution in [2.75, 3.05) is 20.1 Å². The first kappa shape index (κ1) is 12.4. The van der Waals surface area contributed by atoms with Crippen molar-refractivity contribution < 1.29 is 0 Å². The van der Waals surface area contributed by atoms with E-state index in [1.54, 1.807) is 0 Å². The Morgan fingerprint density at radius 3 is 2.46 bits per heavy atom. The molecule has 3 heteroatoms. The summed E-state index contributed by atoms with van der Waals surface area (Å²) in [4.78, 5) is 2.23. The molecule has 13 heavy (non-hydrogen) atoms. The lowest BCUT2D eigenvalue weighted by molar-refractivity contribution is 0.325. The molecule has 0 aliphatic carbocycles. The van der Waals surface area contributed by atoms with Crippen molar-refractivity contribution in [3.63, 3.8) is 0 Å². The Hall–Kier alpha value is -0.590. The molecule has 0 fully saturated rings. The number of nitriles is 1. The molecule has 0 saturated carbocycles. The van der Waals surface area contributed by atoms with Gasteiger partial charge in [0, 0.05) is 0 Å². The molecule has 3 nitrogen and oxygen atoms in total. The van der Waals surface area contributed by atoms with E-state index >= 15 is 0 Å². The summed E-state index contributed by atoms with van der Waals surface area (Å²) in [6.45, 7) is 6.17. The van der Waals surface area contributed by atoms with Crippen molar-refractivity contribution >= 4 is 0 Å². The minimum Gasteiger partial charge on any atom is -0.313 e. The fourth-order valence-electron chi connectivity index (χ4n) is 1.13. The lowest BCUT2D eigenvalue weighted by atomic mass is 9.93. The summed E-state index contributed by atoms with van der Waals surface area (Å²) in [5.74, 6) is 0. The largest absolute Gasteiger partial charge is 0.313 e. The number of hydrogen-bond acceptors (Lipinski definition) is 3. The highest BCUT2D eigenvalue weighted by molar-refractivity contribution is 5.03. The highest BCUT2D eigenvalue weighted by atomic mass is 15.1. The molecule has 1 unspecified atom stereocenters. The van der Waals surface area contributed by atoms with E-state index in [0.717, 1.165) is 32.4 Å². The van der Waals surface area contributed by atoms with Crippen LogP contribution in [0.15, 0.2) is 0 Å². The first-order valence-corrected chi connectivity index (χ1v) is 4.96. The van der Waals surface area contributed by atoms with Crippen LogP contribution in [0.2, 0.25) is 0 Å². The summed E-state index contributed by atoms with van der Waals surface area (Å²) in [6.07, 6.45) is 2.53. The molecule has 0 aromatic rings. The smallest absolute Gasteiger partial charge is 0.104 e. The summed E-state index contributed by atoms with van der Waals surface area (Å²) in [7, 11) is 2.08. The van der Waals surface area contributed by atoms with Gasteiger partial charge in [0.2, 0.25) is 0 Å². The molecule has 0 aliphatic heterocycles. The van der Waals surface area contributed by atoms with Gasteiger partial charge in [0.25, 0.3) is 0 Å². The van der Waals surface area contributed by atoms with Crippen molar-refractivity contribution in [3.05, 3.63) is 0 Å². The molecule has 0 heterocycles. The molecule has 0 saturated heterocycles. The van der Waals surface area contributed by atoms with Gasteiger partial charge >= 0.3 is 0 Å². The first-order chi connectivity index (χ1) is 6.08. The summed E-state index contributed by atoms with van der Waals surface area (Å²) in [6, 6.07) is 2.18. The van der Waals surface area contributed by atoms with Gasteiger partial charge in [-0.1, -0.05) is 13.8 Å². The monoisotopic (exact) mass is 183 g/mol. The number of nitrogens with two attached hydrogens (primary N) is 1. The summed E-state index contributed by atoms with van der Waals surface area (Å²) in [5, 5.41) is 8.82. The molecule has 2 N–H and O–H groups in total. The summed E-state index contributed by atoms with van der Waals surface area (Å²) < 4.78 is 0. The van der Waals surface area contributed by atoms with Crippen LogP contribution in [0.4, 0.5) is 0 Å². The van der Waals surface area contributed by atoms with E-state index in [2.05, 4.69) is 24.9 Å². The van der Waals surface area contributed by atoms with Gasteiger partial charge in [-0.25, -0.2) is 0 Å². The van der Waals surface area contributed by atoms with E-state index in [-0.39, 0.29) is 0 Å². The highest BCUT2D eigenvalue weighted by Crippen LogP contribution is 2.12. The van der Waals surface area contributed by atoms with Crippen molar-refractivity contribution in [2.45, 2.75) is 38.6 Å². The second-order valence-corrected chi connectivity index (χ2v) is 3.62. The SMILES string of the molecule is CCN(C)CCCC(N)(C#N)CC. The van der Waals surface area contributed by atoms with Gasteiger partial charge in [-0.05, 0) is 39.4 Å². The third kappa shape index (κ3) is 4.87. The van der Waals surface area contributed by atoms with Gasteiger partial charge in [-0.2, -0.15) is 5.26 Å². The molecule has 0 aromatic heterocycles. The Bertz CT molecular complexity index is 173. The van der Waals surface area contributed by atoms with Crippen molar-refractivity contribution in [3.8, 4) is 6.07 Å². The van der Waals surface area contributed by atoms with Gasteiger partial charge in [0.05, 0.1) is 6.07 Å². The van der Waals surface area contributed by atoms with Crippen molar-refractivity contribution in [1.29, 1.82) is 5.26 Å². The minimum atomic E-state index is -0.603. The maximum atomic E-state index is 8.82. The summed E-state index contributed by atoms with van der Waals surface area (Å²) in [5.41, 5.74) is 5.24. The highest BCUT2D eigenvalue weighted by Gasteiger charge is 2.20. The Morgan fingerprint density at radius 1 is 1.46 bits per heavy atom. The quantitative estimate of drug-likeness (QED) is 0.676. The van der Waals surface area contributed by atoms with Gasteiger partial charge in [0.15, 0.2) is 0 Å². The van der Waals surface area contributed by atoms with Crippen molar-refractivity contribution in [2.24, 2.45) is 5.73 Å². The zero-order valence-electron chi connectivity index (χ0n) is 9.01. The van der Waals surface area contributed by atoms with Crippen LogP contribution in [0, 0.1) is 11.3 Å². The predicted molar refractivity (Wildman–Crippen MR) is 55.2 cm³/mol. The van der Waals surface area contributed by atoms with Crippen LogP contribution in [-0.2, 0) is 0 Å². The maximum absolute atomic E-state index is 8.82. The Morgan fingerprint density at radius 2 is 2.08 bits per heavy atom. The molecule has 0 amide bonds. The van der Waals surface area contributed by atoms with Gasteiger partial charge in [-0.15, -0.1) is 0 Å². The fourth-order valence-corrected chi connectivity index (χ4v) is 1.13. The molecule has 0 aliphatic rings. The average Bonchev–Trinajstić information content (AvgIpc) is 2.17. The Kier molecular flexibility index (Phi) is 5.68. The fraction of sp³-hybridized carbons (Fsp3) is 0.900. The zero-order chi connectivity index (χ0) is 10.3. The third-order valence-electron chi connectivity index (χ3n) is 2.56. The number of nitrogens with zero attached hydrogens (tertiary/aromatic N) is 2. The lowest BCUT2D eigenvalue weighted by Crippen LogP contribution is -2.38. The molecule has 0 aromatic carbocycles. The van der Waals surface area contributed by atoms with E-state index in [0.29, 0.717) is 0 Å². The van der Waals surface area contributed by atoms with E-state index in [9.17, 15) is 0 Å². The van der Waals surface area contributed by atoms with Crippen molar-refractivity contribution in [1.82, 2.24) is 4.90 Å². The lowest BCUT2D eigenvalue weighted by Gasteiger charge is -2.21. The topological polar surface area (TPSA) is 53.0 Å². The van der Waals surface area contributed by atoms with Crippen LogP contribution < -0.4 is 5.73 Å². The van der Waals surface area contributed by atoms with Crippen LogP contribution in [0.25, 0.3) is 0 Å². The molecule has 0 rings (SSSR count). The minimum absolute atomic E-state index is 0.603. The van der Waals surface area contributed by atoms with Crippen LogP contribution in [0.5, 0.6) is 0 Å². The molecular weight excluding hydrogens is 162 g/mol. The van der Waals surface area contributed by atoms with E-state index in [1.165, 1.54) is 0 Å². The standard InChI is InChI=1S/C10H21N3/c1-4-10(12,9-11)7-6-8-13(3)5-2/h4-8,12H2,1-3H3. The molecular formula is C10H21N3. The van der Waals surface area contributed by atoms with E-state index in [4.69, 9.17) is 11.0 Å². The molecule has 76 valence electrons. The van der Waals surface area contributed by atoms with Gasteiger partial charge < -0.3 is 10.6 Å². The number of rotatable bonds is 6. The van der Waals surface area contributed by atoms with E-state index < -0.39 is 5.54 Å². The van der Waals surface area contributed by atoms with Crippen LogP contribution in [-0.4, -0.2) is 30.6 Å². The average molecular weight is 183 g/mol. The predicted octanol–water partition coefficient (Wildman–Crippen LogP) is 1.35. The van der Waals surface area contributed by atoms with E-state index in [1.807, 2.05) is 6.92 Å². The van der Waals surface area contributed by atoms with Crippen LogP contribution >= 0.6 is 0 Å². The molecule has 1 atom stereocenters. The van der Waals surface area contributed by atoms with Gasteiger partial charge in [0.1, 0.15) is 5.54 Å². The molecule has 0 radical (unpaired) electrons. The van der Waals surface area contributed by atoms with Crippen LogP contribution in [0.1, 0.15) is 33.1 Å². The summed E-state index contributed by atoms with van der Waals surface area (Å²) >= 11 is 0. The Balaban J connectivity index is 3.69. The Labute approximate surface area is 81.5 Å². The second-order valence-electron chi connectivity index (χ2n) is 3.62. The normalized spacial score (nSPS) is 15.4.